The van der Waals surface area contributed by atoms with Crippen LogP contribution >= 0.6 is 11.6 Å². The Balaban J connectivity index is 2.41. The Bertz CT molecular complexity index is 413. The number of rotatable bonds is 2. The lowest BCUT2D eigenvalue weighted by atomic mass is 9.98. The van der Waals surface area contributed by atoms with Gasteiger partial charge in [-0.25, -0.2) is 0 Å². The lowest BCUT2D eigenvalue weighted by Gasteiger charge is -2.18. The molecule has 0 amide bonds. The largest absolute Gasteiger partial charge is 0.487 e. The summed E-state index contributed by atoms with van der Waals surface area (Å²) >= 11 is 6.11. The molecule has 0 radical (unpaired) electrons. The predicted molar refractivity (Wildman–Crippen MR) is 67.2 cm³/mol. The molecule has 0 saturated heterocycles. The van der Waals surface area contributed by atoms with Crippen LogP contribution in [0, 0.1) is 0 Å². The molecular weight excluding hydrogens is 222 g/mol. The molecule has 1 aliphatic rings. The SMILES string of the molecule is CC(N)Cc1cc(Cl)cc2c1OC(C)(C)C2. The molecule has 2 rings (SSSR count). The molecule has 88 valence electrons. The molecule has 2 N–H and O–H groups in total. The van der Waals surface area contributed by atoms with Gasteiger partial charge in [-0.3, -0.25) is 0 Å². The minimum Gasteiger partial charge on any atom is -0.487 e. The van der Waals surface area contributed by atoms with E-state index >= 15 is 0 Å². The van der Waals surface area contributed by atoms with E-state index in [2.05, 4.69) is 13.8 Å². The van der Waals surface area contributed by atoms with Gasteiger partial charge in [-0.1, -0.05) is 11.6 Å². The first-order chi connectivity index (χ1) is 7.37. The Hall–Kier alpha value is -0.730. The second kappa shape index (κ2) is 3.94. The van der Waals surface area contributed by atoms with Crippen molar-refractivity contribution in [2.75, 3.05) is 0 Å². The van der Waals surface area contributed by atoms with Gasteiger partial charge in [0.05, 0.1) is 0 Å². The third-order valence-corrected chi connectivity index (χ3v) is 2.96. The first-order valence-corrected chi connectivity index (χ1v) is 6.01. The molecule has 0 aromatic heterocycles. The van der Waals surface area contributed by atoms with E-state index in [9.17, 15) is 0 Å². The average molecular weight is 240 g/mol. The van der Waals surface area contributed by atoms with E-state index in [1.54, 1.807) is 0 Å². The third-order valence-electron chi connectivity index (χ3n) is 2.74. The van der Waals surface area contributed by atoms with Gasteiger partial charge >= 0.3 is 0 Å². The molecule has 1 aromatic rings. The summed E-state index contributed by atoms with van der Waals surface area (Å²) < 4.78 is 5.97. The molecule has 0 spiro atoms. The Morgan fingerprint density at radius 2 is 2.19 bits per heavy atom. The average Bonchev–Trinajstić information content (AvgIpc) is 2.38. The number of hydrogen-bond acceptors (Lipinski definition) is 2. The lowest BCUT2D eigenvalue weighted by Crippen LogP contribution is -2.25. The maximum absolute atomic E-state index is 6.11. The second-order valence-electron chi connectivity index (χ2n) is 5.27. The van der Waals surface area contributed by atoms with Crippen LogP contribution in [0.4, 0.5) is 0 Å². The minimum absolute atomic E-state index is 0.120. The van der Waals surface area contributed by atoms with Crippen molar-refractivity contribution in [3.8, 4) is 5.75 Å². The summed E-state index contributed by atoms with van der Waals surface area (Å²) in [5, 5.41) is 0.774. The molecule has 1 unspecified atom stereocenters. The van der Waals surface area contributed by atoms with Crippen molar-refractivity contribution in [1.82, 2.24) is 0 Å². The molecule has 16 heavy (non-hydrogen) atoms. The number of benzene rings is 1. The highest BCUT2D eigenvalue weighted by Crippen LogP contribution is 2.39. The molecule has 1 atom stereocenters. The van der Waals surface area contributed by atoms with E-state index in [1.807, 2.05) is 19.1 Å². The third kappa shape index (κ3) is 2.33. The van der Waals surface area contributed by atoms with E-state index in [4.69, 9.17) is 22.1 Å². The van der Waals surface area contributed by atoms with E-state index in [0.29, 0.717) is 0 Å². The topological polar surface area (TPSA) is 35.2 Å². The first kappa shape index (κ1) is 11.7. The summed E-state index contributed by atoms with van der Waals surface area (Å²) in [7, 11) is 0. The van der Waals surface area contributed by atoms with Crippen molar-refractivity contribution in [2.24, 2.45) is 5.73 Å². The summed E-state index contributed by atoms with van der Waals surface area (Å²) in [5.41, 5.74) is 8.04. The minimum atomic E-state index is -0.125. The van der Waals surface area contributed by atoms with Crippen molar-refractivity contribution in [2.45, 2.75) is 45.3 Å². The van der Waals surface area contributed by atoms with Crippen molar-refractivity contribution in [3.05, 3.63) is 28.3 Å². The van der Waals surface area contributed by atoms with E-state index < -0.39 is 0 Å². The van der Waals surface area contributed by atoms with Crippen LogP contribution in [0.1, 0.15) is 31.9 Å². The van der Waals surface area contributed by atoms with Gasteiger partial charge in [0, 0.05) is 17.5 Å². The summed E-state index contributed by atoms with van der Waals surface area (Å²) in [6, 6.07) is 4.08. The van der Waals surface area contributed by atoms with Gasteiger partial charge < -0.3 is 10.5 Å². The number of nitrogens with two attached hydrogens (primary N) is 1. The highest BCUT2D eigenvalue weighted by atomic mass is 35.5. The van der Waals surface area contributed by atoms with Crippen molar-refractivity contribution >= 4 is 11.6 Å². The van der Waals surface area contributed by atoms with E-state index in [-0.39, 0.29) is 11.6 Å². The Kier molecular flexibility index (Phi) is 2.89. The van der Waals surface area contributed by atoms with E-state index in [1.165, 1.54) is 5.56 Å². The zero-order valence-electron chi connectivity index (χ0n) is 10.0. The fraction of sp³-hybridized carbons (Fsp3) is 0.538. The molecule has 2 nitrogen and oxygen atoms in total. The van der Waals surface area contributed by atoms with Crippen molar-refractivity contribution in [3.63, 3.8) is 0 Å². The fourth-order valence-electron chi connectivity index (χ4n) is 2.24. The van der Waals surface area contributed by atoms with Gasteiger partial charge in [-0.2, -0.15) is 0 Å². The van der Waals surface area contributed by atoms with E-state index in [0.717, 1.165) is 29.2 Å². The Labute approximate surface area is 102 Å². The van der Waals surface area contributed by atoms with Gasteiger partial charge in [-0.15, -0.1) is 0 Å². The summed E-state index contributed by atoms with van der Waals surface area (Å²) in [6.45, 7) is 6.18. The quantitative estimate of drug-likeness (QED) is 0.861. The second-order valence-corrected chi connectivity index (χ2v) is 5.71. The molecule has 1 aliphatic heterocycles. The maximum atomic E-state index is 6.11. The van der Waals surface area contributed by atoms with Gasteiger partial charge in [0.25, 0.3) is 0 Å². The van der Waals surface area contributed by atoms with Gasteiger partial charge in [-0.05, 0) is 50.5 Å². The number of fused-ring (bicyclic) bond motifs is 1. The van der Waals surface area contributed by atoms with Crippen LogP contribution in [0.2, 0.25) is 5.02 Å². The number of ether oxygens (including phenoxy) is 1. The van der Waals surface area contributed by atoms with Gasteiger partial charge in [0.15, 0.2) is 0 Å². The van der Waals surface area contributed by atoms with Gasteiger partial charge in [0.2, 0.25) is 0 Å². The summed E-state index contributed by atoms with van der Waals surface area (Å²) in [5.74, 6) is 0.992. The molecule has 0 aliphatic carbocycles. The Morgan fingerprint density at radius 3 is 2.81 bits per heavy atom. The first-order valence-electron chi connectivity index (χ1n) is 5.63. The zero-order valence-corrected chi connectivity index (χ0v) is 10.8. The standard InChI is InChI=1S/C13H18ClNO/c1-8(15)4-9-5-11(14)6-10-7-13(2,3)16-12(9)10/h5-6,8H,4,7,15H2,1-3H3. The van der Waals surface area contributed by atoms with Crippen molar-refractivity contribution < 1.29 is 4.74 Å². The van der Waals surface area contributed by atoms with Crippen LogP contribution < -0.4 is 10.5 Å². The Morgan fingerprint density at radius 1 is 1.50 bits per heavy atom. The van der Waals surface area contributed by atoms with Crippen LogP contribution in [0.3, 0.4) is 0 Å². The molecule has 0 fully saturated rings. The molecule has 1 heterocycles. The normalized spacial score (nSPS) is 19.1. The molecule has 0 bridgehead atoms. The van der Waals surface area contributed by atoms with Crippen molar-refractivity contribution in [1.29, 1.82) is 0 Å². The smallest absolute Gasteiger partial charge is 0.126 e. The molecule has 1 aromatic carbocycles. The molecular formula is C13H18ClNO. The number of halogens is 1. The van der Waals surface area contributed by atoms with Crippen LogP contribution in [0.15, 0.2) is 12.1 Å². The van der Waals surface area contributed by atoms with Crippen LogP contribution in [-0.4, -0.2) is 11.6 Å². The maximum Gasteiger partial charge on any atom is 0.126 e. The zero-order chi connectivity index (χ0) is 11.9. The van der Waals surface area contributed by atoms with Crippen LogP contribution in [-0.2, 0) is 12.8 Å². The molecule has 3 heteroatoms. The number of hydrogen-bond donors (Lipinski definition) is 1. The van der Waals surface area contributed by atoms with Crippen LogP contribution in [0.5, 0.6) is 5.75 Å². The predicted octanol–water partition coefficient (Wildman–Crippen LogP) is 2.94. The van der Waals surface area contributed by atoms with Crippen LogP contribution in [0.25, 0.3) is 0 Å². The lowest BCUT2D eigenvalue weighted by molar-refractivity contribution is 0.137. The summed E-state index contributed by atoms with van der Waals surface area (Å²) in [6.07, 6.45) is 1.72. The fourth-order valence-corrected chi connectivity index (χ4v) is 2.51. The highest BCUT2D eigenvalue weighted by Gasteiger charge is 2.32. The summed E-state index contributed by atoms with van der Waals surface area (Å²) in [4.78, 5) is 0. The van der Waals surface area contributed by atoms with Gasteiger partial charge in [0.1, 0.15) is 11.4 Å². The molecule has 0 saturated carbocycles. The highest BCUT2D eigenvalue weighted by molar-refractivity contribution is 6.30. The monoisotopic (exact) mass is 239 g/mol.